The van der Waals surface area contributed by atoms with Crippen molar-refractivity contribution in [3.63, 3.8) is 0 Å². The van der Waals surface area contributed by atoms with E-state index >= 15 is 0 Å². The number of hydrogen-bond acceptors (Lipinski definition) is 4. The van der Waals surface area contributed by atoms with Gasteiger partial charge in [-0.25, -0.2) is 0 Å². The highest BCUT2D eigenvalue weighted by Crippen LogP contribution is 2.32. The molecule has 0 amide bonds. The summed E-state index contributed by atoms with van der Waals surface area (Å²) < 4.78 is 10.6. The summed E-state index contributed by atoms with van der Waals surface area (Å²) in [5.41, 5.74) is 2.74. The number of rotatable bonds is 7. The number of hydrogen-bond donors (Lipinski definition) is 0. The Bertz CT molecular complexity index is 1060. The molecule has 1 atom stereocenters. The highest BCUT2D eigenvalue weighted by Gasteiger charge is 2.28. The number of nitriles is 1. The SMILES string of the molecule is CC(C)C(C(=O)OC#N)c1ccc(Cl)cc1Cc1cccc(Oc2ccccc2)c1. The Morgan fingerprint density at radius 2 is 1.73 bits per heavy atom. The van der Waals surface area contributed by atoms with Crippen molar-refractivity contribution < 1.29 is 14.3 Å². The van der Waals surface area contributed by atoms with Crippen molar-refractivity contribution >= 4 is 17.6 Å². The van der Waals surface area contributed by atoms with Crippen LogP contribution in [0.2, 0.25) is 5.02 Å². The van der Waals surface area contributed by atoms with Gasteiger partial charge in [-0.2, -0.15) is 0 Å². The monoisotopic (exact) mass is 419 g/mol. The number of ether oxygens (including phenoxy) is 2. The van der Waals surface area contributed by atoms with Crippen LogP contribution in [0.5, 0.6) is 11.5 Å². The Balaban J connectivity index is 1.91. The second-order valence-corrected chi connectivity index (χ2v) is 7.75. The van der Waals surface area contributed by atoms with Gasteiger partial charge in [-0.15, -0.1) is 5.26 Å². The lowest BCUT2D eigenvalue weighted by molar-refractivity contribution is -0.139. The van der Waals surface area contributed by atoms with E-state index in [1.807, 2.05) is 80.6 Å². The first kappa shape index (κ1) is 21.4. The highest BCUT2D eigenvalue weighted by atomic mass is 35.5. The van der Waals surface area contributed by atoms with Gasteiger partial charge in [0.2, 0.25) is 0 Å². The Labute approximate surface area is 181 Å². The smallest absolute Gasteiger partial charge is 0.329 e. The summed E-state index contributed by atoms with van der Waals surface area (Å²) in [4.78, 5) is 12.4. The molecule has 3 aromatic carbocycles. The predicted molar refractivity (Wildman–Crippen MR) is 117 cm³/mol. The van der Waals surface area contributed by atoms with E-state index in [1.54, 1.807) is 6.07 Å². The molecule has 30 heavy (non-hydrogen) atoms. The first-order valence-electron chi connectivity index (χ1n) is 9.68. The third kappa shape index (κ3) is 5.40. The minimum Gasteiger partial charge on any atom is -0.457 e. The van der Waals surface area contributed by atoms with Crippen molar-refractivity contribution in [2.75, 3.05) is 0 Å². The van der Waals surface area contributed by atoms with E-state index in [-0.39, 0.29) is 5.92 Å². The quantitative estimate of drug-likeness (QED) is 0.324. The van der Waals surface area contributed by atoms with Gasteiger partial charge in [0, 0.05) is 5.02 Å². The van der Waals surface area contributed by atoms with Crippen molar-refractivity contribution in [3.05, 3.63) is 94.5 Å². The molecule has 152 valence electrons. The van der Waals surface area contributed by atoms with Crippen molar-refractivity contribution in [1.82, 2.24) is 0 Å². The summed E-state index contributed by atoms with van der Waals surface area (Å²) in [6.45, 7) is 3.85. The topological polar surface area (TPSA) is 59.3 Å². The molecule has 0 saturated carbocycles. The lowest BCUT2D eigenvalue weighted by atomic mass is 9.84. The zero-order chi connectivity index (χ0) is 21.5. The van der Waals surface area contributed by atoms with E-state index in [1.165, 1.54) is 6.26 Å². The van der Waals surface area contributed by atoms with Crippen LogP contribution in [0.3, 0.4) is 0 Å². The normalized spacial score (nSPS) is 11.6. The molecule has 0 aromatic heterocycles. The van der Waals surface area contributed by atoms with Crippen LogP contribution in [0.25, 0.3) is 0 Å². The van der Waals surface area contributed by atoms with Crippen LogP contribution in [-0.4, -0.2) is 5.97 Å². The van der Waals surface area contributed by atoms with Crippen LogP contribution in [0.4, 0.5) is 0 Å². The van der Waals surface area contributed by atoms with Crippen LogP contribution < -0.4 is 4.74 Å². The van der Waals surface area contributed by atoms with Crippen molar-refractivity contribution in [3.8, 4) is 17.8 Å². The lowest BCUT2D eigenvalue weighted by Gasteiger charge is -2.21. The Hall–Kier alpha value is -3.29. The lowest BCUT2D eigenvalue weighted by Crippen LogP contribution is -2.21. The molecule has 0 aliphatic rings. The predicted octanol–water partition coefficient (Wildman–Crippen LogP) is 6.49. The fourth-order valence-electron chi connectivity index (χ4n) is 3.46. The number of halogens is 1. The second-order valence-electron chi connectivity index (χ2n) is 7.32. The molecular formula is C25H22ClNO3. The van der Waals surface area contributed by atoms with Crippen LogP contribution in [0, 0.1) is 17.4 Å². The number of nitrogens with zero attached hydrogens (tertiary/aromatic N) is 1. The van der Waals surface area contributed by atoms with Crippen LogP contribution in [0.1, 0.15) is 36.5 Å². The molecule has 0 spiro atoms. The molecule has 4 nitrogen and oxygen atoms in total. The maximum absolute atomic E-state index is 12.4. The molecule has 0 bridgehead atoms. The number of para-hydroxylation sites is 1. The molecular weight excluding hydrogens is 398 g/mol. The first-order valence-corrected chi connectivity index (χ1v) is 10.1. The van der Waals surface area contributed by atoms with E-state index in [9.17, 15) is 4.79 Å². The molecule has 3 aromatic rings. The molecule has 5 heteroatoms. The molecule has 0 aliphatic carbocycles. The number of benzene rings is 3. The largest absolute Gasteiger partial charge is 0.457 e. The Morgan fingerprint density at radius 3 is 2.43 bits per heavy atom. The van der Waals surface area contributed by atoms with Gasteiger partial charge in [0.25, 0.3) is 6.26 Å². The molecule has 0 fully saturated rings. The van der Waals surface area contributed by atoms with Gasteiger partial charge in [-0.1, -0.05) is 61.8 Å². The molecule has 0 aliphatic heterocycles. The molecule has 0 heterocycles. The van der Waals surface area contributed by atoms with Gasteiger partial charge < -0.3 is 9.47 Å². The minimum absolute atomic E-state index is 0.0430. The summed E-state index contributed by atoms with van der Waals surface area (Å²) in [6.07, 6.45) is 2.05. The van der Waals surface area contributed by atoms with Crippen LogP contribution >= 0.6 is 11.6 Å². The first-order chi connectivity index (χ1) is 14.5. The molecule has 1 unspecified atom stereocenters. The summed E-state index contributed by atoms with van der Waals surface area (Å²) >= 11 is 6.25. The van der Waals surface area contributed by atoms with Gasteiger partial charge >= 0.3 is 5.97 Å². The van der Waals surface area contributed by atoms with Gasteiger partial charge in [0.15, 0.2) is 0 Å². The van der Waals surface area contributed by atoms with E-state index in [4.69, 9.17) is 21.6 Å². The van der Waals surface area contributed by atoms with Gasteiger partial charge in [-0.3, -0.25) is 4.79 Å². The summed E-state index contributed by atoms with van der Waals surface area (Å²) in [5, 5.41) is 9.37. The summed E-state index contributed by atoms with van der Waals surface area (Å²) in [7, 11) is 0. The fourth-order valence-corrected chi connectivity index (χ4v) is 3.66. The second kappa shape index (κ2) is 9.96. The maximum atomic E-state index is 12.4. The van der Waals surface area contributed by atoms with Gasteiger partial charge in [0.05, 0.1) is 5.92 Å². The average Bonchev–Trinajstić information content (AvgIpc) is 2.71. The zero-order valence-electron chi connectivity index (χ0n) is 16.8. The fraction of sp³-hybridized carbons (Fsp3) is 0.200. The summed E-state index contributed by atoms with van der Waals surface area (Å²) in [6, 6.07) is 22.8. The maximum Gasteiger partial charge on any atom is 0.329 e. The van der Waals surface area contributed by atoms with E-state index in [0.717, 1.165) is 28.2 Å². The van der Waals surface area contributed by atoms with E-state index in [0.29, 0.717) is 11.4 Å². The Morgan fingerprint density at radius 1 is 1.00 bits per heavy atom. The molecule has 3 rings (SSSR count). The van der Waals surface area contributed by atoms with Crippen LogP contribution in [0.15, 0.2) is 72.8 Å². The van der Waals surface area contributed by atoms with Gasteiger partial charge in [-0.05, 0) is 65.4 Å². The third-order valence-corrected chi connectivity index (χ3v) is 5.01. The number of carbonyl (C=O) groups excluding carboxylic acids is 1. The minimum atomic E-state index is -0.558. The standard InChI is InChI=1S/C25H22ClNO3/c1-17(2)24(25(28)29-16-27)23-12-11-20(26)15-19(23)13-18-7-6-10-22(14-18)30-21-8-4-3-5-9-21/h3-12,14-15,17,24H,13H2,1-2H3. The van der Waals surface area contributed by atoms with Crippen molar-refractivity contribution in [2.24, 2.45) is 5.92 Å². The number of esters is 1. The third-order valence-electron chi connectivity index (χ3n) is 4.78. The molecule has 0 radical (unpaired) electrons. The van der Waals surface area contributed by atoms with E-state index in [2.05, 4.69) is 4.74 Å². The summed E-state index contributed by atoms with van der Waals surface area (Å²) in [5.74, 6) is 0.334. The van der Waals surface area contributed by atoms with Gasteiger partial charge in [0.1, 0.15) is 11.5 Å². The van der Waals surface area contributed by atoms with Crippen molar-refractivity contribution in [1.29, 1.82) is 5.26 Å². The molecule has 0 N–H and O–H groups in total. The van der Waals surface area contributed by atoms with Crippen molar-refractivity contribution in [2.45, 2.75) is 26.2 Å². The number of carbonyl (C=O) groups is 1. The van der Waals surface area contributed by atoms with Crippen LogP contribution in [-0.2, 0) is 16.0 Å². The molecule has 0 saturated heterocycles. The zero-order valence-corrected chi connectivity index (χ0v) is 17.6. The highest BCUT2D eigenvalue weighted by molar-refractivity contribution is 6.30. The average molecular weight is 420 g/mol. The van der Waals surface area contributed by atoms with E-state index < -0.39 is 11.9 Å². The Kier molecular flexibility index (Phi) is 7.11.